The van der Waals surface area contributed by atoms with E-state index in [4.69, 9.17) is 5.73 Å². The van der Waals surface area contributed by atoms with E-state index in [1.807, 2.05) is 30.0 Å². The molecule has 1 spiro atoms. The topological polar surface area (TPSA) is 105 Å². The third kappa shape index (κ3) is 6.88. The van der Waals surface area contributed by atoms with Gasteiger partial charge in [-0.15, -0.1) is 0 Å². The van der Waals surface area contributed by atoms with Crippen LogP contribution in [0, 0.1) is 0 Å². The van der Waals surface area contributed by atoms with Crippen LogP contribution in [-0.4, -0.2) is 53.8 Å². The Hall–Kier alpha value is -3.19. The summed E-state index contributed by atoms with van der Waals surface area (Å²) >= 11 is 0. The molecule has 2 aliphatic rings. The minimum atomic E-state index is -1.06. The predicted molar refractivity (Wildman–Crippen MR) is 154 cm³/mol. The van der Waals surface area contributed by atoms with Gasteiger partial charge in [-0.25, -0.2) is 0 Å². The van der Waals surface area contributed by atoms with E-state index in [1.54, 1.807) is 13.8 Å². The van der Waals surface area contributed by atoms with E-state index in [0.29, 0.717) is 32.5 Å². The van der Waals surface area contributed by atoms with E-state index < -0.39 is 11.6 Å². The van der Waals surface area contributed by atoms with E-state index in [1.165, 1.54) is 16.7 Å². The van der Waals surface area contributed by atoms with E-state index in [-0.39, 0.29) is 29.1 Å². The van der Waals surface area contributed by atoms with Crippen molar-refractivity contribution in [2.45, 2.75) is 88.6 Å². The number of likely N-dealkylation sites (tertiary alicyclic amines) is 1. The first-order valence-electron chi connectivity index (χ1n) is 14.4. The van der Waals surface area contributed by atoms with Crippen LogP contribution in [0.1, 0.15) is 81.9 Å². The van der Waals surface area contributed by atoms with E-state index in [2.05, 4.69) is 47.0 Å². The first kappa shape index (κ1) is 28.8. The van der Waals surface area contributed by atoms with E-state index >= 15 is 0 Å². The number of aryl methyl sites for hydroxylation is 1. The number of fused-ring (bicyclic) bond motifs is 2. The van der Waals surface area contributed by atoms with Crippen LogP contribution in [0.2, 0.25) is 0 Å². The maximum absolute atomic E-state index is 13.8. The lowest BCUT2D eigenvalue weighted by atomic mass is 9.73. The molecule has 1 unspecified atom stereocenters. The fourth-order valence-electron chi connectivity index (χ4n) is 6.31. The molecule has 0 bridgehead atoms. The standard InChI is InChI=1S/C32H44N4O3/c1-4-34-28(37)21-24-22-32(26-15-9-8-14-25(24)26)17-19-36(20-18-32)29(38)27(35-30(39)31(2,3)33)16-10-13-23-11-6-5-7-12-23/h5-9,11-12,14-15,24,27H,4,10,13,16-22,33H2,1-3H3,(H,34,37)(H,35,39)/t24?,27-/m1/s1. The van der Waals surface area contributed by atoms with Gasteiger partial charge in [-0.1, -0.05) is 54.6 Å². The summed E-state index contributed by atoms with van der Waals surface area (Å²) < 4.78 is 0. The summed E-state index contributed by atoms with van der Waals surface area (Å²) in [7, 11) is 0. The first-order chi connectivity index (χ1) is 18.6. The Morgan fingerprint density at radius 3 is 2.38 bits per heavy atom. The molecular weight excluding hydrogens is 488 g/mol. The fraction of sp³-hybridized carbons (Fsp3) is 0.531. The van der Waals surface area contributed by atoms with Gasteiger partial charge in [0.2, 0.25) is 17.7 Å². The van der Waals surface area contributed by atoms with Crippen LogP contribution in [0.3, 0.4) is 0 Å². The number of nitrogens with one attached hydrogen (secondary N) is 2. The molecule has 0 aromatic heterocycles. The second-order valence-electron chi connectivity index (χ2n) is 11.9. The summed E-state index contributed by atoms with van der Waals surface area (Å²) in [6, 6.07) is 18.1. The third-order valence-electron chi connectivity index (χ3n) is 8.44. The van der Waals surface area contributed by atoms with Gasteiger partial charge < -0.3 is 21.3 Å². The molecule has 2 aromatic carbocycles. The molecule has 1 saturated heterocycles. The molecule has 7 heteroatoms. The molecule has 4 rings (SSSR count). The van der Waals surface area contributed by atoms with Crippen LogP contribution in [0.25, 0.3) is 0 Å². The molecule has 39 heavy (non-hydrogen) atoms. The van der Waals surface area contributed by atoms with Crippen molar-refractivity contribution in [1.29, 1.82) is 0 Å². The van der Waals surface area contributed by atoms with Gasteiger partial charge in [-0.2, -0.15) is 0 Å². The molecule has 3 amide bonds. The molecule has 2 aromatic rings. The van der Waals surface area contributed by atoms with Crippen molar-refractivity contribution in [2.75, 3.05) is 19.6 Å². The quantitative estimate of drug-likeness (QED) is 0.433. The zero-order chi connectivity index (χ0) is 28.0. The number of piperidine rings is 1. The summed E-state index contributed by atoms with van der Waals surface area (Å²) in [4.78, 5) is 40.9. The second-order valence-corrected chi connectivity index (χ2v) is 11.9. The minimum Gasteiger partial charge on any atom is -0.356 e. The summed E-state index contributed by atoms with van der Waals surface area (Å²) in [6.07, 6.45) is 5.35. The number of rotatable bonds is 10. The summed E-state index contributed by atoms with van der Waals surface area (Å²) in [5, 5.41) is 5.90. The van der Waals surface area contributed by atoms with Crippen molar-refractivity contribution >= 4 is 17.7 Å². The monoisotopic (exact) mass is 532 g/mol. The average Bonchev–Trinajstić information content (AvgIpc) is 3.20. The SMILES string of the molecule is CCNC(=O)CC1CC2(CCN(C(=O)[C@@H](CCCc3ccccc3)NC(=O)C(C)(C)N)CC2)c2ccccc21. The molecule has 7 nitrogen and oxygen atoms in total. The van der Waals surface area contributed by atoms with E-state index in [9.17, 15) is 14.4 Å². The number of amides is 3. The van der Waals surface area contributed by atoms with Gasteiger partial charge in [0.05, 0.1) is 5.54 Å². The van der Waals surface area contributed by atoms with Crippen LogP contribution < -0.4 is 16.4 Å². The van der Waals surface area contributed by atoms with E-state index in [0.717, 1.165) is 32.1 Å². The minimum absolute atomic E-state index is 0.0180. The molecule has 2 atom stereocenters. The Bertz CT molecular complexity index is 1150. The van der Waals surface area contributed by atoms with Crippen LogP contribution in [0.4, 0.5) is 0 Å². The number of hydrogen-bond donors (Lipinski definition) is 3. The number of nitrogens with zero attached hydrogens (tertiary/aromatic N) is 1. The lowest BCUT2D eigenvalue weighted by molar-refractivity contribution is -0.139. The highest BCUT2D eigenvalue weighted by molar-refractivity contribution is 5.91. The predicted octanol–water partition coefficient (Wildman–Crippen LogP) is 3.81. The molecule has 1 heterocycles. The molecule has 1 aliphatic heterocycles. The molecular formula is C32H44N4O3. The normalized spacial score (nSPS) is 18.9. The lowest BCUT2D eigenvalue weighted by Crippen LogP contribution is -2.57. The van der Waals surface area contributed by atoms with Gasteiger partial charge in [0.1, 0.15) is 6.04 Å². The fourth-order valence-corrected chi connectivity index (χ4v) is 6.31. The molecule has 0 radical (unpaired) electrons. The highest BCUT2D eigenvalue weighted by Crippen LogP contribution is 2.52. The smallest absolute Gasteiger partial charge is 0.245 e. The van der Waals surface area contributed by atoms with Crippen LogP contribution in [-0.2, 0) is 26.2 Å². The Labute approximate surface area is 232 Å². The van der Waals surface area contributed by atoms with Gasteiger partial charge in [0.15, 0.2) is 0 Å². The molecule has 4 N–H and O–H groups in total. The van der Waals surface area contributed by atoms with Crippen molar-refractivity contribution in [2.24, 2.45) is 5.73 Å². The first-order valence-corrected chi connectivity index (χ1v) is 14.4. The van der Waals surface area contributed by atoms with Gasteiger partial charge in [0.25, 0.3) is 0 Å². The molecule has 1 fully saturated rings. The second kappa shape index (κ2) is 12.3. The lowest BCUT2D eigenvalue weighted by Gasteiger charge is -2.41. The maximum atomic E-state index is 13.8. The maximum Gasteiger partial charge on any atom is 0.245 e. The molecule has 210 valence electrons. The van der Waals surface area contributed by atoms with Crippen molar-refractivity contribution in [3.8, 4) is 0 Å². The van der Waals surface area contributed by atoms with Gasteiger partial charge >= 0.3 is 0 Å². The van der Waals surface area contributed by atoms with Crippen molar-refractivity contribution in [3.63, 3.8) is 0 Å². The van der Waals surface area contributed by atoms with Crippen LogP contribution >= 0.6 is 0 Å². The number of hydrogen-bond acceptors (Lipinski definition) is 4. The van der Waals surface area contributed by atoms with Crippen molar-refractivity contribution < 1.29 is 14.4 Å². The average molecular weight is 533 g/mol. The number of nitrogens with two attached hydrogens (primary N) is 1. The largest absolute Gasteiger partial charge is 0.356 e. The number of carbonyl (C=O) groups excluding carboxylic acids is 3. The number of benzene rings is 2. The summed E-state index contributed by atoms with van der Waals surface area (Å²) in [6.45, 7) is 7.18. The summed E-state index contributed by atoms with van der Waals surface area (Å²) in [5.41, 5.74) is 8.81. The van der Waals surface area contributed by atoms with Gasteiger partial charge in [0, 0.05) is 26.1 Å². The summed E-state index contributed by atoms with van der Waals surface area (Å²) in [5.74, 6) is -0.0432. The highest BCUT2D eigenvalue weighted by atomic mass is 16.2. The third-order valence-corrected chi connectivity index (χ3v) is 8.44. The highest BCUT2D eigenvalue weighted by Gasteiger charge is 2.46. The Balaban J connectivity index is 1.43. The molecule has 1 aliphatic carbocycles. The number of carbonyl (C=O) groups is 3. The Morgan fingerprint density at radius 2 is 1.72 bits per heavy atom. The zero-order valence-corrected chi connectivity index (χ0v) is 23.7. The van der Waals surface area contributed by atoms with Gasteiger partial charge in [-0.05, 0) is 87.3 Å². The van der Waals surface area contributed by atoms with Crippen LogP contribution in [0.15, 0.2) is 54.6 Å². The van der Waals surface area contributed by atoms with Crippen molar-refractivity contribution in [3.05, 3.63) is 71.3 Å². The van der Waals surface area contributed by atoms with Gasteiger partial charge in [-0.3, -0.25) is 14.4 Å². The zero-order valence-electron chi connectivity index (χ0n) is 23.7. The van der Waals surface area contributed by atoms with Crippen molar-refractivity contribution in [1.82, 2.24) is 15.5 Å². The van der Waals surface area contributed by atoms with Crippen LogP contribution in [0.5, 0.6) is 0 Å². The Morgan fingerprint density at radius 1 is 1.05 bits per heavy atom. The Kier molecular flexibility index (Phi) is 9.11. The molecule has 0 saturated carbocycles.